The van der Waals surface area contributed by atoms with Gasteiger partial charge in [0, 0.05) is 6.42 Å². The number of aryl methyl sites for hydroxylation is 1. The average Bonchev–Trinajstić information content (AvgIpc) is 2.06. The molecule has 0 aliphatic carbocycles. The topological polar surface area (TPSA) is 57.5 Å². The van der Waals surface area contributed by atoms with Crippen LogP contribution >= 0.6 is 0 Å². The number of carboxylic acid groups (broad SMARTS) is 1. The van der Waals surface area contributed by atoms with E-state index in [4.69, 9.17) is 10.2 Å². The minimum Gasteiger partial charge on any atom is -0.508 e. The van der Waals surface area contributed by atoms with Gasteiger partial charge >= 0.3 is 5.97 Å². The Morgan fingerprint density at radius 1 is 1.46 bits per heavy atom. The Balaban J connectivity index is 2.75. The molecular weight excluding hydrogens is 175 g/mol. The second-order valence-electron chi connectivity index (χ2n) is 2.67. The van der Waals surface area contributed by atoms with E-state index in [1.54, 1.807) is 0 Å². The molecular formula is C9H9FO3. The van der Waals surface area contributed by atoms with Crippen molar-refractivity contribution in [2.75, 3.05) is 0 Å². The Labute approximate surface area is 74.4 Å². The van der Waals surface area contributed by atoms with E-state index in [1.807, 2.05) is 0 Å². The summed E-state index contributed by atoms with van der Waals surface area (Å²) in [5.74, 6) is -1.52. The van der Waals surface area contributed by atoms with Crippen LogP contribution < -0.4 is 0 Å². The third kappa shape index (κ3) is 2.74. The van der Waals surface area contributed by atoms with Gasteiger partial charge in [-0.3, -0.25) is 4.79 Å². The van der Waals surface area contributed by atoms with E-state index in [2.05, 4.69) is 0 Å². The van der Waals surface area contributed by atoms with Crippen LogP contribution in [0.4, 0.5) is 4.39 Å². The molecule has 1 aromatic carbocycles. The van der Waals surface area contributed by atoms with Crippen LogP contribution in [0.3, 0.4) is 0 Å². The minimum atomic E-state index is -0.984. The van der Waals surface area contributed by atoms with Crippen LogP contribution in [0.25, 0.3) is 0 Å². The summed E-state index contributed by atoms with van der Waals surface area (Å²) in [5.41, 5.74) is 0.224. The number of aliphatic carboxylic acids is 1. The van der Waals surface area contributed by atoms with Crippen LogP contribution in [-0.4, -0.2) is 16.2 Å². The lowest BCUT2D eigenvalue weighted by atomic mass is 10.1. The lowest BCUT2D eigenvalue weighted by Crippen LogP contribution is -1.99. The zero-order valence-corrected chi connectivity index (χ0v) is 6.83. The van der Waals surface area contributed by atoms with Gasteiger partial charge < -0.3 is 10.2 Å². The molecule has 0 fully saturated rings. The molecule has 0 atom stereocenters. The quantitative estimate of drug-likeness (QED) is 0.749. The maximum atomic E-state index is 12.9. The first-order valence-electron chi connectivity index (χ1n) is 3.79. The third-order valence-electron chi connectivity index (χ3n) is 1.64. The fraction of sp³-hybridized carbons (Fsp3) is 0.222. The first kappa shape index (κ1) is 9.51. The molecule has 13 heavy (non-hydrogen) atoms. The highest BCUT2D eigenvalue weighted by molar-refractivity contribution is 5.67. The van der Waals surface area contributed by atoms with Crippen molar-refractivity contribution < 1.29 is 19.4 Å². The maximum absolute atomic E-state index is 12.9. The number of aromatic hydroxyl groups is 1. The summed E-state index contributed by atoms with van der Waals surface area (Å²) < 4.78 is 12.9. The fourth-order valence-electron chi connectivity index (χ4n) is 0.994. The summed E-state index contributed by atoms with van der Waals surface area (Å²) in [5, 5.41) is 17.3. The van der Waals surface area contributed by atoms with Crippen molar-refractivity contribution in [3.8, 4) is 5.75 Å². The molecule has 0 amide bonds. The van der Waals surface area contributed by atoms with Gasteiger partial charge in [0.05, 0.1) is 0 Å². The van der Waals surface area contributed by atoms with Crippen LogP contribution in [0.1, 0.15) is 12.0 Å². The molecule has 0 spiro atoms. The molecule has 0 aliphatic heterocycles. The Kier molecular flexibility index (Phi) is 2.84. The molecule has 1 rings (SSSR count). The highest BCUT2D eigenvalue weighted by atomic mass is 19.1. The highest BCUT2D eigenvalue weighted by Crippen LogP contribution is 2.16. The molecule has 0 unspecified atom stereocenters. The number of carboxylic acids is 1. The van der Waals surface area contributed by atoms with Gasteiger partial charge in [-0.15, -0.1) is 0 Å². The predicted molar refractivity (Wildman–Crippen MR) is 44.0 cm³/mol. The molecule has 0 saturated heterocycles. The van der Waals surface area contributed by atoms with Crippen molar-refractivity contribution in [1.82, 2.24) is 0 Å². The van der Waals surface area contributed by atoms with E-state index in [0.717, 1.165) is 6.07 Å². The summed E-state index contributed by atoms with van der Waals surface area (Å²) in [7, 11) is 0. The van der Waals surface area contributed by atoms with Gasteiger partial charge in [0.15, 0.2) is 0 Å². The Hall–Kier alpha value is -1.58. The van der Waals surface area contributed by atoms with Gasteiger partial charge in [0.25, 0.3) is 0 Å². The van der Waals surface area contributed by atoms with Gasteiger partial charge in [-0.2, -0.15) is 0 Å². The summed E-state index contributed by atoms with van der Waals surface area (Å²) in [6.45, 7) is 0. The second-order valence-corrected chi connectivity index (χ2v) is 2.67. The number of carbonyl (C=O) groups is 1. The minimum absolute atomic E-state index is 0.0539. The van der Waals surface area contributed by atoms with Gasteiger partial charge in [0.1, 0.15) is 11.6 Å². The van der Waals surface area contributed by atoms with E-state index in [1.165, 1.54) is 12.1 Å². The lowest BCUT2D eigenvalue weighted by Gasteiger charge is -2.01. The van der Waals surface area contributed by atoms with Crippen LogP contribution in [0.2, 0.25) is 0 Å². The number of rotatable bonds is 3. The number of hydrogen-bond acceptors (Lipinski definition) is 2. The smallest absolute Gasteiger partial charge is 0.303 e. The van der Waals surface area contributed by atoms with Crippen molar-refractivity contribution in [3.63, 3.8) is 0 Å². The van der Waals surface area contributed by atoms with E-state index >= 15 is 0 Å². The Bertz CT molecular complexity index is 323. The standard InChI is InChI=1S/C9H9FO3/c10-8-3-2-7(11)5-6(8)1-4-9(12)13/h2-3,5,11H,1,4H2,(H,12,13). The molecule has 0 saturated carbocycles. The monoisotopic (exact) mass is 184 g/mol. The summed E-state index contributed by atoms with van der Waals surface area (Å²) in [6, 6.07) is 3.57. The Morgan fingerprint density at radius 3 is 2.77 bits per heavy atom. The third-order valence-corrected chi connectivity index (χ3v) is 1.64. The number of phenols is 1. The summed E-state index contributed by atoms with van der Waals surface area (Å²) in [4.78, 5) is 10.2. The van der Waals surface area contributed by atoms with Crippen LogP contribution in [0, 0.1) is 5.82 Å². The summed E-state index contributed by atoms with van der Waals surface area (Å²) in [6.07, 6.45) is -0.0457. The van der Waals surface area contributed by atoms with Crippen molar-refractivity contribution in [3.05, 3.63) is 29.6 Å². The van der Waals surface area contributed by atoms with E-state index in [0.29, 0.717) is 0 Å². The number of hydrogen-bond donors (Lipinski definition) is 2. The van der Waals surface area contributed by atoms with Gasteiger partial charge in [-0.1, -0.05) is 0 Å². The molecule has 3 nitrogen and oxygen atoms in total. The molecule has 0 bridgehead atoms. The van der Waals surface area contributed by atoms with Crippen molar-refractivity contribution in [2.45, 2.75) is 12.8 Å². The van der Waals surface area contributed by atoms with Gasteiger partial charge in [-0.25, -0.2) is 4.39 Å². The van der Waals surface area contributed by atoms with E-state index in [-0.39, 0.29) is 24.2 Å². The first-order chi connectivity index (χ1) is 6.09. The molecule has 0 heterocycles. The van der Waals surface area contributed by atoms with Crippen molar-refractivity contribution >= 4 is 5.97 Å². The predicted octanol–water partition coefficient (Wildman–Crippen LogP) is 1.55. The second kappa shape index (κ2) is 3.89. The number of benzene rings is 1. The van der Waals surface area contributed by atoms with Gasteiger partial charge in [-0.05, 0) is 30.2 Å². The SMILES string of the molecule is O=C(O)CCc1cc(O)ccc1F. The highest BCUT2D eigenvalue weighted by Gasteiger charge is 2.05. The van der Waals surface area contributed by atoms with Crippen LogP contribution in [0.5, 0.6) is 5.75 Å². The zero-order valence-electron chi connectivity index (χ0n) is 6.83. The van der Waals surface area contributed by atoms with Gasteiger partial charge in [0.2, 0.25) is 0 Å². The summed E-state index contributed by atoms with van der Waals surface area (Å²) >= 11 is 0. The number of halogens is 1. The zero-order chi connectivity index (χ0) is 9.84. The van der Waals surface area contributed by atoms with Crippen molar-refractivity contribution in [1.29, 1.82) is 0 Å². The molecule has 1 aromatic rings. The maximum Gasteiger partial charge on any atom is 0.303 e. The molecule has 2 N–H and O–H groups in total. The molecule has 0 aromatic heterocycles. The van der Waals surface area contributed by atoms with E-state index < -0.39 is 11.8 Å². The normalized spacial score (nSPS) is 9.92. The first-order valence-corrected chi connectivity index (χ1v) is 3.79. The van der Waals surface area contributed by atoms with Crippen LogP contribution in [0.15, 0.2) is 18.2 Å². The van der Waals surface area contributed by atoms with Crippen LogP contribution in [-0.2, 0) is 11.2 Å². The fourth-order valence-corrected chi connectivity index (χ4v) is 0.994. The number of phenolic OH excluding ortho intramolecular Hbond substituents is 1. The largest absolute Gasteiger partial charge is 0.508 e. The average molecular weight is 184 g/mol. The molecule has 70 valence electrons. The molecule has 0 radical (unpaired) electrons. The van der Waals surface area contributed by atoms with E-state index in [9.17, 15) is 9.18 Å². The Morgan fingerprint density at radius 2 is 2.15 bits per heavy atom. The molecule has 4 heteroatoms. The molecule has 0 aliphatic rings. The lowest BCUT2D eigenvalue weighted by molar-refractivity contribution is -0.136. The van der Waals surface area contributed by atoms with Crippen molar-refractivity contribution in [2.24, 2.45) is 0 Å².